The second-order valence-electron chi connectivity index (χ2n) is 3.88. The van der Waals surface area contributed by atoms with Crippen molar-refractivity contribution >= 4 is 21.7 Å². The molecule has 1 aliphatic rings. The van der Waals surface area contributed by atoms with Gasteiger partial charge in [-0.15, -0.1) is 0 Å². The van der Waals surface area contributed by atoms with E-state index in [1.165, 1.54) is 5.56 Å². The van der Waals surface area contributed by atoms with Crippen LogP contribution in [0.1, 0.15) is 37.2 Å². The zero-order valence-electron chi connectivity index (χ0n) is 8.00. The maximum Gasteiger partial charge on any atom is 0.133 e. The molecule has 0 heterocycles. The van der Waals surface area contributed by atoms with Gasteiger partial charge in [0.15, 0.2) is 0 Å². The molecule has 2 rings (SSSR count). The van der Waals surface area contributed by atoms with Gasteiger partial charge in [0.25, 0.3) is 0 Å². The quantitative estimate of drug-likeness (QED) is 0.746. The third-order valence-electron chi connectivity index (χ3n) is 2.82. The van der Waals surface area contributed by atoms with Gasteiger partial charge in [0.05, 0.1) is 0 Å². The lowest BCUT2D eigenvalue weighted by atomic mass is 9.83. The Hall–Kier alpha value is -0.630. The number of halogens is 1. The van der Waals surface area contributed by atoms with Crippen molar-refractivity contribution in [1.82, 2.24) is 0 Å². The van der Waals surface area contributed by atoms with E-state index < -0.39 is 0 Å². The predicted octanol–water partition coefficient (Wildman–Crippen LogP) is 3.68. The second-order valence-corrected chi connectivity index (χ2v) is 4.80. The minimum absolute atomic E-state index is 0.421. The van der Waals surface area contributed by atoms with E-state index in [2.05, 4.69) is 40.2 Å². The van der Waals surface area contributed by atoms with Crippen molar-refractivity contribution in [3.8, 4) is 0 Å². The molecule has 2 heteroatoms. The lowest BCUT2D eigenvalue weighted by Gasteiger charge is -2.20. The first-order chi connectivity index (χ1) is 6.75. The fourth-order valence-electron chi connectivity index (χ4n) is 2.04. The van der Waals surface area contributed by atoms with Crippen molar-refractivity contribution < 1.29 is 4.79 Å². The largest absolute Gasteiger partial charge is 0.300 e. The van der Waals surface area contributed by atoms with Crippen LogP contribution in [0.2, 0.25) is 0 Å². The molecule has 14 heavy (non-hydrogen) atoms. The van der Waals surface area contributed by atoms with Crippen LogP contribution in [-0.2, 0) is 4.79 Å². The van der Waals surface area contributed by atoms with Crippen LogP contribution in [0.5, 0.6) is 0 Å². The zero-order chi connectivity index (χ0) is 9.97. The van der Waals surface area contributed by atoms with Crippen molar-refractivity contribution in [3.63, 3.8) is 0 Å². The first-order valence-electron chi connectivity index (χ1n) is 5.03. The lowest BCUT2D eigenvalue weighted by Crippen LogP contribution is -2.13. The molecule has 1 aromatic rings. The molecule has 1 saturated carbocycles. The van der Waals surface area contributed by atoms with E-state index in [4.69, 9.17) is 0 Å². The molecule has 1 nitrogen and oxygen atoms in total. The fourth-order valence-corrected chi connectivity index (χ4v) is 2.31. The molecule has 0 unspecified atom stereocenters. The van der Waals surface area contributed by atoms with Crippen molar-refractivity contribution in [2.75, 3.05) is 0 Å². The average molecular weight is 253 g/mol. The average Bonchev–Trinajstić information content (AvgIpc) is 2.19. The molecular formula is C12H13BrO. The summed E-state index contributed by atoms with van der Waals surface area (Å²) in [6.07, 6.45) is 3.74. The highest BCUT2D eigenvalue weighted by Crippen LogP contribution is 2.31. The summed E-state index contributed by atoms with van der Waals surface area (Å²) in [5, 5.41) is 0. The fraction of sp³-hybridized carbons (Fsp3) is 0.417. The van der Waals surface area contributed by atoms with E-state index in [0.29, 0.717) is 11.7 Å². The van der Waals surface area contributed by atoms with Gasteiger partial charge in [0.2, 0.25) is 0 Å². The molecule has 1 atom stereocenters. The number of carbonyl (C=O) groups is 1. The number of carbonyl (C=O) groups excluding carboxylic acids is 1. The Balaban J connectivity index is 2.14. The molecule has 1 fully saturated rings. The summed E-state index contributed by atoms with van der Waals surface area (Å²) in [4.78, 5) is 11.3. The summed E-state index contributed by atoms with van der Waals surface area (Å²) in [5.41, 5.74) is 1.31. The molecular weight excluding hydrogens is 240 g/mol. The predicted molar refractivity (Wildman–Crippen MR) is 60.4 cm³/mol. The Morgan fingerprint density at radius 3 is 2.57 bits per heavy atom. The highest BCUT2D eigenvalue weighted by molar-refractivity contribution is 9.10. The number of hydrogen-bond donors (Lipinski definition) is 0. The van der Waals surface area contributed by atoms with Gasteiger partial charge in [-0.2, -0.15) is 0 Å². The van der Waals surface area contributed by atoms with E-state index in [0.717, 1.165) is 30.2 Å². The summed E-state index contributed by atoms with van der Waals surface area (Å²) in [6.45, 7) is 0. The molecule has 0 aromatic heterocycles. The molecule has 0 radical (unpaired) electrons. The minimum Gasteiger partial charge on any atom is -0.300 e. The van der Waals surface area contributed by atoms with E-state index in [1.807, 2.05) is 0 Å². The third kappa shape index (κ3) is 2.24. The first kappa shape index (κ1) is 9.91. The molecule has 1 aromatic carbocycles. The van der Waals surface area contributed by atoms with Crippen molar-refractivity contribution in [1.29, 1.82) is 0 Å². The zero-order valence-corrected chi connectivity index (χ0v) is 9.59. The van der Waals surface area contributed by atoms with Gasteiger partial charge in [-0.05, 0) is 36.5 Å². The third-order valence-corrected chi connectivity index (χ3v) is 3.35. The van der Waals surface area contributed by atoms with E-state index >= 15 is 0 Å². The summed E-state index contributed by atoms with van der Waals surface area (Å²) >= 11 is 3.41. The molecule has 0 amide bonds. The number of ketones is 1. The molecule has 0 saturated heterocycles. The van der Waals surface area contributed by atoms with Gasteiger partial charge >= 0.3 is 0 Å². The Morgan fingerprint density at radius 1 is 1.21 bits per heavy atom. The maximum absolute atomic E-state index is 11.3. The van der Waals surface area contributed by atoms with Crippen LogP contribution in [0.15, 0.2) is 28.7 Å². The van der Waals surface area contributed by atoms with Crippen LogP contribution >= 0.6 is 15.9 Å². The van der Waals surface area contributed by atoms with Crippen LogP contribution in [-0.4, -0.2) is 5.78 Å². The normalized spacial score (nSPS) is 22.4. The van der Waals surface area contributed by atoms with E-state index in [1.54, 1.807) is 0 Å². The molecule has 74 valence electrons. The smallest absolute Gasteiger partial charge is 0.133 e. The SMILES string of the molecule is O=C1CCC[C@H](c2ccc(Br)cc2)C1. The Bertz CT molecular complexity index is 329. The van der Waals surface area contributed by atoms with E-state index in [-0.39, 0.29) is 0 Å². The number of hydrogen-bond acceptors (Lipinski definition) is 1. The van der Waals surface area contributed by atoms with E-state index in [9.17, 15) is 4.79 Å². The van der Waals surface area contributed by atoms with Crippen molar-refractivity contribution in [3.05, 3.63) is 34.3 Å². The number of rotatable bonds is 1. The monoisotopic (exact) mass is 252 g/mol. The first-order valence-corrected chi connectivity index (χ1v) is 5.82. The highest BCUT2D eigenvalue weighted by Gasteiger charge is 2.20. The summed E-state index contributed by atoms with van der Waals surface area (Å²) < 4.78 is 1.10. The molecule has 0 spiro atoms. The molecule has 1 aliphatic carbocycles. The van der Waals surface area contributed by atoms with Gasteiger partial charge in [0, 0.05) is 17.3 Å². The molecule has 0 N–H and O–H groups in total. The van der Waals surface area contributed by atoms with Crippen LogP contribution < -0.4 is 0 Å². The van der Waals surface area contributed by atoms with Gasteiger partial charge in [0.1, 0.15) is 5.78 Å². The van der Waals surface area contributed by atoms with Crippen molar-refractivity contribution in [2.45, 2.75) is 31.6 Å². The summed E-state index contributed by atoms with van der Waals surface area (Å²) in [6, 6.07) is 8.34. The molecule has 0 aliphatic heterocycles. The van der Waals surface area contributed by atoms with Gasteiger partial charge in [-0.1, -0.05) is 28.1 Å². The van der Waals surface area contributed by atoms with Crippen LogP contribution in [0.25, 0.3) is 0 Å². The van der Waals surface area contributed by atoms with Gasteiger partial charge in [-0.3, -0.25) is 4.79 Å². The van der Waals surface area contributed by atoms with Gasteiger partial charge in [-0.25, -0.2) is 0 Å². The summed E-state index contributed by atoms with van der Waals surface area (Å²) in [5.74, 6) is 0.883. The lowest BCUT2D eigenvalue weighted by molar-refractivity contribution is -0.120. The van der Waals surface area contributed by atoms with Gasteiger partial charge < -0.3 is 0 Å². The van der Waals surface area contributed by atoms with Crippen LogP contribution in [0.3, 0.4) is 0 Å². The topological polar surface area (TPSA) is 17.1 Å². The van der Waals surface area contributed by atoms with Crippen LogP contribution in [0.4, 0.5) is 0 Å². The molecule has 0 bridgehead atoms. The number of Topliss-reactive ketones (excluding diaryl/α,β-unsaturated/α-hetero) is 1. The second kappa shape index (κ2) is 4.26. The standard InChI is InChI=1S/C12H13BrO/c13-11-6-4-9(5-7-11)10-2-1-3-12(14)8-10/h4-7,10H,1-3,8H2/t10-/m0/s1. The highest BCUT2D eigenvalue weighted by atomic mass is 79.9. The Morgan fingerprint density at radius 2 is 1.93 bits per heavy atom. The van der Waals surface area contributed by atoms with Crippen LogP contribution in [0, 0.1) is 0 Å². The minimum atomic E-state index is 0.421. The summed E-state index contributed by atoms with van der Waals surface area (Å²) in [7, 11) is 0. The van der Waals surface area contributed by atoms with Crippen molar-refractivity contribution in [2.24, 2.45) is 0 Å². The maximum atomic E-state index is 11.3. The Kier molecular flexibility index (Phi) is 3.02. The Labute approximate surface area is 92.6 Å². The number of benzene rings is 1.